The molecule has 5 nitrogen and oxygen atoms in total. The highest BCUT2D eigenvalue weighted by atomic mass is 32.1. The molecule has 0 aromatic carbocycles. The van der Waals surface area contributed by atoms with Crippen molar-refractivity contribution in [2.45, 2.75) is 76.6 Å². The number of carbonyl (C=O) groups is 1. The van der Waals surface area contributed by atoms with Crippen LogP contribution in [0.3, 0.4) is 0 Å². The maximum absolute atomic E-state index is 11.8. The number of aliphatic hydroxyl groups excluding tert-OH is 1. The molecule has 1 aromatic rings. The SMILES string of the molecule is CCc1nc(C2(C)CCCC3C=C(C)C(OC(C)=O)C(O)C32O)cs1. The van der Waals surface area contributed by atoms with Crippen LogP contribution in [0.2, 0.25) is 0 Å². The van der Waals surface area contributed by atoms with Crippen molar-refractivity contribution >= 4 is 17.3 Å². The molecule has 5 unspecified atom stereocenters. The fraction of sp³-hybridized carbons (Fsp3) is 0.684. The molecule has 0 radical (unpaired) electrons. The van der Waals surface area contributed by atoms with Crippen LogP contribution in [0.4, 0.5) is 0 Å². The van der Waals surface area contributed by atoms with Gasteiger partial charge in [0.05, 0.1) is 10.7 Å². The summed E-state index contributed by atoms with van der Waals surface area (Å²) in [6.07, 6.45) is 3.33. The summed E-state index contributed by atoms with van der Waals surface area (Å²) >= 11 is 1.59. The monoisotopic (exact) mass is 365 g/mol. The Labute approximate surface area is 152 Å². The highest BCUT2D eigenvalue weighted by molar-refractivity contribution is 7.09. The van der Waals surface area contributed by atoms with E-state index in [4.69, 9.17) is 9.72 Å². The summed E-state index contributed by atoms with van der Waals surface area (Å²) < 4.78 is 5.35. The van der Waals surface area contributed by atoms with Crippen molar-refractivity contribution in [3.63, 3.8) is 0 Å². The average Bonchev–Trinajstić information content (AvgIpc) is 3.04. The van der Waals surface area contributed by atoms with Crippen molar-refractivity contribution in [2.75, 3.05) is 0 Å². The van der Waals surface area contributed by atoms with Gasteiger partial charge in [0.1, 0.15) is 11.7 Å². The molecule has 5 atom stereocenters. The van der Waals surface area contributed by atoms with Crippen molar-refractivity contribution in [1.29, 1.82) is 0 Å². The Balaban J connectivity index is 2.08. The summed E-state index contributed by atoms with van der Waals surface area (Å²) in [5, 5.41) is 25.9. The van der Waals surface area contributed by atoms with Crippen molar-refractivity contribution in [1.82, 2.24) is 4.98 Å². The van der Waals surface area contributed by atoms with E-state index in [1.807, 2.05) is 25.3 Å². The first-order valence-electron chi connectivity index (χ1n) is 8.95. The fourth-order valence-corrected chi connectivity index (χ4v) is 5.43. The molecule has 1 heterocycles. The predicted octanol–water partition coefficient (Wildman–Crippen LogP) is 2.75. The number of aliphatic hydroxyl groups is 2. The molecule has 6 heteroatoms. The average molecular weight is 365 g/mol. The first-order valence-corrected chi connectivity index (χ1v) is 9.82. The molecular formula is C19H27NO4S. The first kappa shape index (κ1) is 18.5. The Morgan fingerprint density at radius 3 is 2.84 bits per heavy atom. The topological polar surface area (TPSA) is 79.7 Å². The third-order valence-corrected chi connectivity index (χ3v) is 7.00. The lowest BCUT2D eigenvalue weighted by molar-refractivity contribution is -0.206. The first-order chi connectivity index (χ1) is 11.7. The van der Waals surface area contributed by atoms with Crippen molar-refractivity contribution < 1.29 is 19.7 Å². The molecule has 3 rings (SSSR count). The quantitative estimate of drug-likeness (QED) is 0.636. The molecule has 25 heavy (non-hydrogen) atoms. The van der Waals surface area contributed by atoms with E-state index in [1.165, 1.54) is 6.92 Å². The summed E-state index contributed by atoms with van der Waals surface area (Å²) in [5.74, 6) is -0.641. The number of aromatic nitrogens is 1. The molecule has 0 amide bonds. The van der Waals surface area contributed by atoms with Crippen LogP contribution >= 0.6 is 11.3 Å². The Hall–Kier alpha value is -1.24. The number of nitrogens with zero attached hydrogens (tertiary/aromatic N) is 1. The van der Waals surface area contributed by atoms with Gasteiger partial charge in [-0.25, -0.2) is 4.98 Å². The zero-order chi connectivity index (χ0) is 18.4. The lowest BCUT2D eigenvalue weighted by Gasteiger charge is -2.57. The molecule has 1 fully saturated rings. The van der Waals surface area contributed by atoms with Crippen LogP contribution in [0.1, 0.15) is 57.7 Å². The molecule has 138 valence electrons. The molecule has 2 aliphatic rings. The third kappa shape index (κ3) is 2.75. The third-order valence-electron chi connectivity index (χ3n) is 6.00. The van der Waals surface area contributed by atoms with E-state index in [0.717, 1.165) is 42.0 Å². The molecule has 2 N–H and O–H groups in total. The zero-order valence-corrected chi connectivity index (χ0v) is 16.1. The minimum Gasteiger partial charge on any atom is -0.455 e. The normalized spacial score (nSPS) is 38.0. The Morgan fingerprint density at radius 1 is 1.52 bits per heavy atom. The van der Waals surface area contributed by atoms with Gasteiger partial charge in [0, 0.05) is 23.6 Å². The Bertz CT molecular complexity index is 699. The number of hydrogen-bond acceptors (Lipinski definition) is 6. The second-order valence-electron chi connectivity index (χ2n) is 7.52. The lowest BCUT2D eigenvalue weighted by atomic mass is 9.53. The number of fused-ring (bicyclic) bond motifs is 1. The van der Waals surface area contributed by atoms with Gasteiger partial charge in [-0.05, 0) is 31.8 Å². The van der Waals surface area contributed by atoms with Gasteiger partial charge in [0.15, 0.2) is 6.10 Å². The smallest absolute Gasteiger partial charge is 0.303 e. The molecule has 2 aliphatic carbocycles. The van der Waals surface area contributed by atoms with Gasteiger partial charge < -0.3 is 14.9 Å². The molecule has 0 saturated heterocycles. The predicted molar refractivity (Wildman–Crippen MR) is 96.5 cm³/mol. The Morgan fingerprint density at radius 2 is 2.24 bits per heavy atom. The second kappa shape index (κ2) is 6.49. The van der Waals surface area contributed by atoms with Crippen LogP contribution in [0, 0.1) is 5.92 Å². The van der Waals surface area contributed by atoms with E-state index in [-0.39, 0.29) is 5.92 Å². The summed E-state index contributed by atoms with van der Waals surface area (Å²) in [6, 6.07) is 0. The van der Waals surface area contributed by atoms with Crippen molar-refractivity contribution in [3.8, 4) is 0 Å². The standard InChI is InChI=1S/C19H27NO4S/c1-5-15-20-14(10-25-15)18(4)8-6-7-13-9-11(2)16(24-12(3)21)17(22)19(13,18)23/h9-10,13,16-17,22-23H,5-8H2,1-4H3. The van der Waals surface area contributed by atoms with Gasteiger partial charge in [0.2, 0.25) is 0 Å². The molecule has 0 spiro atoms. The van der Waals surface area contributed by atoms with E-state index in [1.54, 1.807) is 11.3 Å². The largest absolute Gasteiger partial charge is 0.455 e. The summed E-state index contributed by atoms with van der Waals surface area (Å²) in [5.41, 5.74) is -0.469. The van der Waals surface area contributed by atoms with Crippen LogP contribution < -0.4 is 0 Å². The molecular weight excluding hydrogens is 338 g/mol. The minimum atomic E-state index is -1.41. The van der Waals surface area contributed by atoms with E-state index in [2.05, 4.69) is 6.92 Å². The van der Waals surface area contributed by atoms with Gasteiger partial charge in [-0.1, -0.05) is 26.3 Å². The minimum absolute atomic E-state index is 0.181. The van der Waals surface area contributed by atoms with Crippen LogP contribution in [0.15, 0.2) is 17.0 Å². The number of esters is 1. The van der Waals surface area contributed by atoms with Crippen molar-refractivity contribution in [3.05, 3.63) is 27.7 Å². The Kier molecular flexibility index (Phi) is 4.81. The van der Waals surface area contributed by atoms with E-state index in [0.29, 0.717) is 0 Å². The maximum atomic E-state index is 11.8. The number of carbonyl (C=O) groups excluding carboxylic acids is 1. The second-order valence-corrected chi connectivity index (χ2v) is 8.46. The molecule has 0 bridgehead atoms. The van der Waals surface area contributed by atoms with Gasteiger partial charge in [0.25, 0.3) is 0 Å². The molecule has 1 saturated carbocycles. The molecule has 0 aliphatic heterocycles. The van der Waals surface area contributed by atoms with Gasteiger partial charge in [-0.3, -0.25) is 4.79 Å². The molecule has 1 aromatic heterocycles. The zero-order valence-electron chi connectivity index (χ0n) is 15.3. The number of aryl methyl sites for hydroxylation is 1. The van der Waals surface area contributed by atoms with Crippen molar-refractivity contribution in [2.24, 2.45) is 5.92 Å². The highest BCUT2D eigenvalue weighted by Crippen LogP contribution is 2.54. The van der Waals surface area contributed by atoms with E-state index < -0.39 is 29.2 Å². The number of rotatable bonds is 3. The van der Waals surface area contributed by atoms with Crippen LogP contribution in [-0.2, 0) is 21.4 Å². The number of ether oxygens (including phenoxy) is 1. The number of thiazole rings is 1. The van der Waals surface area contributed by atoms with Crippen LogP contribution in [0.5, 0.6) is 0 Å². The van der Waals surface area contributed by atoms with Gasteiger partial charge in [-0.2, -0.15) is 0 Å². The van der Waals surface area contributed by atoms with Crippen LogP contribution in [-0.4, -0.2) is 39.0 Å². The van der Waals surface area contributed by atoms with E-state index in [9.17, 15) is 15.0 Å². The highest BCUT2D eigenvalue weighted by Gasteiger charge is 2.63. The summed E-state index contributed by atoms with van der Waals surface area (Å²) in [6.45, 7) is 7.21. The summed E-state index contributed by atoms with van der Waals surface area (Å²) in [7, 11) is 0. The van der Waals surface area contributed by atoms with E-state index >= 15 is 0 Å². The maximum Gasteiger partial charge on any atom is 0.303 e. The van der Waals surface area contributed by atoms with Crippen LogP contribution in [0.25, 0.3) is 0 Å². The van der Waals surface area contributed by atoms with Gasteiger partial charge >= 0.3 is 5.97 Å². The fourth-order valence-electron chi connectivity index (χ4n) is 4.55. The summed E-state index contributed by atoms with van der Waals surface area (Å²) in [4.78, 5) is 16.2. The number of hydrogen-bond donors (Lipinski definition) is 2. The van der Waals surface area contributed by atoms with Gasteiger partial charge in [-0.15, -0.1) is 11.3 Å². The lowest BCUT2D eigenvalue weighted by Crippen LogP contribution is -2.68.